The van der Waals surface area contributed by atoms with Gasteiger partial charge in [0, 0.05) is 11.6 Å². The van der Waals surface area contributed by atoms with E-state index in [-0.39, 0.29) is 12.5 Å². The van der Waals surface area contributed by atoms with Crippen molar-refractivity contribution >= 4 is 28.5 Å². The smallest absolute Gasteiger partial charge is 0.258 e. The van der Waals surface area contributed by atoms with Gasteiger partial charge in [-0.2, -0.15) is 0 Å². The van der Waals surface area contributed by atoms with Gasteiger partial charge in [0.2, 0.25) is 0 Å². The molecule has 0 saturated heterocycles. The molecule has 0 unspecified atom stereocenters. The van der Waals surface area contributed by atoms with E-state index in [1.165, 1.54) is 38.5 Å². The van der Waals surface area contributed by atoms with Gasteiger partial charge in [-0.05, 0) is 42.8 Å². The standard InChI is InChI=1S/C25H32ClN3O2/c1-2-3-4-5-6-7-10-17-29-23-12-9-8-11-22(23)28-24(29)18-27-25(30)19-31-21-15-13-20(26)14-16-21/h8-9,11-16H,2-7,10,17-19H2,1H3,(H,27,30). The number of unbranched alkanes of at least 4 members (excludes halogenated alkanes) is 6. The summed E-state index contributed by atoms with van der Waals surface area (Å²) in [6.45, 7) is 3.50. The van der Waals surface area contributed by atoms with Gasteiger partial charge in [0.05, 0.1) is 17.6 Å². The second kappa shape index (κ2) is 12.4. The zero-order chi connectivity index (χ0) is 21.9. The van der Waals surface area contributed by atoms with E-state index in [2.05, 4.69) is 22.9 Å². The van der Waals surface area contributed by atoms with E-state index in [1.807, 2.05) is 18.2 Å². The van der Waals surface area contributed by atoms with Gasteiger partial charge in [0.15, 0.2) is 6.61 Å². The van der Waals surface area contributed by atoms with Gasteiger partial charge in [-0.15, -0.1) is 0 Å². The van der Waals surface area contributed by atoms with E-state index in [4.69, 9.17) is 21.3 Å². The molecule has 2 aromatic carbocycles. The molecule has 1 aromatic heterocycles. The zero-order valence-corrected chi connectivity index (χ0v) is 19.0. The Morgan fingerprint density at radius 1 is 1.00 bits per heavy atom. The second-order valence-corrected chi connectivity index (χ2v) is 8.25. The van der Waals surface area contributed by atoms with Crippen molar-refractivity contribution in [2.24, 2.45) is 0 Å². The van der Waals surface area contributed by atoms with Gasteiger partial charge in [-0.1, -0.05) is 69.2 Å². The zero-order valence-electron chi connectivity index (χ0n) is 18.3. The van der Waals surface area contributed by atoms with Crippen LogP contribution in [-0.4, -0.2) is 22.1 Å². The molecule has 1 heterocycles. The van der Waals surface area contributed by atoms with Crippen LogP contribution in [0.4, 0.5) is 0 Å². The number of carbonyl (C=O) groups excluding carboxylic acids is 1. The quantitative estimate of drug-likeness (QED) is 0.324. The summed E-state index contributed by atoms with van der Waals surface area (Å²) in [6.07, 6.45) is 8.87. The van der Waals surface area contributed by atoms with Crippen LogP contribution >= 0.6 is 11.6 Å². The van der Waals surface area contributed by atoms with Gasteiger partial charge >= 0.3 is 0 Å². The topological polar surface area (TPSA) is 56.2 Å². The number of rotatable bonds is 13. The fourth-order valence-corrected chi connectivity index (χ4v) is 3.77. The minimum absolute atomic E-state index is 0.0420. The number of fused-ring (bicyclic) bond motifs is 1. The van der Waals surface area contributed by atoms with Crippen LogP contribution in [0.5, 0.6) is 5.75 Å². The van der Waals surface area contributed by atoms with Crippen LogP contribution in [0.15, 0.2) is 48.5 Å². The first-order valence-corrected chi connectivity index (χ1v) is 11.6. The SMILES string of the molecule is CCCCCCCCCn1c(CNC(=O)COc2ccc(Cl)cc2)nc2ccccc21. The number of nitrogens with zero attached hydrogens (tertiary/aromatic N) is 2. The number of nitrogens with one attached hydrogen (secondary N) is 1. The van der Waals surface area contributed by atoms with Gasteiger partial charge < -0.3 is 14.6 Å². The number of ether oxygens (including phenoxy) is 1. The maximum absolute atomic E-state index is 12.3. The van der Waals surface area contributed by atoms with Crippen molar-refractivity contribution < 1.29 is 9.53 Å². The van der Waals surface area contributed by atoms with Crippen LogP contribution in [-0.2, 0) is 17.9 Å². The number of aromatic nitrogens is 2. The molecule has 3 rings (SSSR count). The molecule has 0 aliphatic carbocycles. The molecule has 0 aliphatic rings. The first-order valence-electron chi connectivity index (χ1n) is 11.3. The van der Waals surface area contributed by atoms with Gasteiger partial charge in [-0.25, -0.2) is 4.98 Å². The van der Waals surface area contributed by atoms with Crippen molar-refractivity contribution in [2.75, 3.05) is 6.61 Å². The number of hydrogen-bond donors (Lipinski definition) is 1. The predicted octanol–water partition coefficient (Wildman–Crippen LogP) is 6.14. The second-order valence-electron chi connectivity index (χ2n) is 7.81. The minimum atomic E-state index is -0.176. The van der Waals surface area contributed by atoms with Crippen molar-refractivity contribution in [1.29, 1.82) is 0 Å². The molecule has 1 N–H and O–H groups in total. The lowest BCUT2D eigenvalue weighted by Crippen LogP contribution is -2.29. The predicted molar refractivity (Wildman–Crippen MR) is 127 cm³/mol. The molecule has 166 valence electrons. The van der Waals surface area contributed by atoms with Crippen LogP contribution in [0.1, 0.15) is 57.7 Å². The summed E-state index contributed by atoms with van der Waals surface area (Å²) in [4.78, 5) is 17.0. The molecular formula is C25H32ClN3O2. The molecule has 0 saturated carbocycles. The molecule has 0 bridgehead atoms. The van der Waals surface area contributed by atoms with Gasteiger partial charge in [0.25, 0.3) is 5.91 Å². The average molecular weight is 442 g/mol. The molecule has 0 fully saturated rings. The number of carbonyl (C=O) groups is 1. The highest BCUT2D eigenvalue weighted by Crippen LogP contribution is 2.18. The number of para-hydroxylation sites is 2. The molecule has 5 nitrogen and oxygen atoms in total. The normalized spacial score (nSPS) is 11.0. The highest BCUT2D eigenvalue weighted by molar-refractivity contribution is 6.30. The lowest BCUT2D eigenvalue weighted by Gasteiger charge is -2.11. The Morgan fingerprint density at radius 2 is 1.71 bits per heavy atom. The Labute approximate surface area is 189 Å². The van der Waals surface area contributed by atoms with Crippen molar-refractivity contribution in [1.82, 2.24) is 14.9 Å². The van der Waals surface area contributed by atoms with Crippen molar-refractivity contribution in [3.63, 3.8) is 0 Å². The highest BCUT2D eigenvalue weighted by atomic mass is 35.5. The summed E-state index contributed by atoms with van der Waals surface area (Å²) in [7, 11) is 0. The van der Waals surface area contributed by atoms with Crippen LogP contribution in [0.2, 0.25) is 5.02 Å². The molecule has 6 heteroatoms. The Balaban J connectivity index is 1.52. The summed E-state index contributed by atoms with van der Waals surface area (Å²) in [5.41, 5.74) is 2.09. The summed E-state index contributed by atoms with van der Waals surface area (Å²) in [5, 5.41) is 3.57. The molecule has 31 heavy (non-hydrogen) atoms. The third-order valence-electron chi connectivity index (χ3n) is 5.35. The number of hydrogen-bond acceptors (Lipinski definition) is 3. The van der Waals surface area contributed by atoms with Crippen molar-refractivity contribution in [3.05, 3.63) is 59.4 Å². The number of amides is 1. The molecular weight excluding hydrogens is 410 g/mol. The molecule has 1 amide bonds. The summed E-state index contributed by atoms with van der Waals surface area (Å²) >= 11 is 5.87. The molecule has 3 aromatic rings. The van der Waals surface area contributed by atoms with Crippen LogP contribution in [0, 0.1) is 0 Å². The van der Waals surface area contributed by atoms with Gasteiger partial charge in [-0.3, -0.25) is 4.79 Å². The molecule has 0 spiro atoms. The first-order chi connectivity index (χ1) is 15.2. The first kappa shape index (κ1) is 23.1. The molecule has 0 atom stereocenters. The van der Waals surface area contributed by atoms with E-state index < -0.39 is 0 Å². The largest absolute Gasteiger partial charge is 0.484 e. The van der Waals surface area contributed by atoms with Crippen LogP contribution in [0.3, 0.4) is 0 Å². The number of benzene rings is 2. The Morgan fingerprint density at radius 3 is 2.48 bits per heavy atom. The fraction of sp³-hybridized carbons (Fsp3) is 0.440. The summed E-state index contributed by atoms with van der Waals surface area (Å²) in [5.74, 6) is 1.32. The Bertz CT molecular complexity index is 953. The third kappa shape index (κ3) is 7.28. The maximum atomic E-state index is 12.3. The summed E-state index contributed by atoms with van der Waals surface area (Å²) in [6, 6.07) is 15.1. The van der Waals surface area contributed by atoms with E-state index in [0.717, 1.165) is 29.8 Å². The lowest BCUT2D eigenvalue weighted by atomic mass is 10.1. The van der Waals surface area contributed by atoms with Gasteiger partial charge in [0.1, 0.15) is 11.6 Å². The maximum Gasteiger partial charge on any atom is 0.258 e. The number of halogens is 1. The number of imidazole rings is 1. The van der Waals surface area contributed by atoms with E-state index in [0.29, 0.717) is 17.3 Å². The minimum Gasteiger partial charge on any atom is -0.484 e. The Kier molecular flexibility index (Phi) is 9.22. The average Bonchev–Trinajstić information content (AvgIpc) is 3.14. The van der Waals surface area contributed by atoms with E-state index >= 15 is 0 Å². The Hall–Kier alpha value is -2.53. The number of aryl methyl sites for hydroxylation is 1. The summed E-state index contributed by atoms with van der Waals surface area (Å²) < 4.78 is 7.76. The van der Waals surface area contributed by atoms with Crippen molar-refractivity contribution in [3.8, 4) is 5.75 Å². The third-order valence-corrected chi connectivity index (χ3v) is 5.60. The van der Waals surface area contributed by atoms with E-state index in [9.17, 15) is 4.79 Å². The lowest BCUT2D eigenvalue weighted by molar-refractivity contribution is -0.123. The molecule has 0 radical (unpaired) electrons. The van der Waals surface area contributed by atoms with Crippen LogP contribution < -0.4 is 10.1 Å². The monoisotopic (exact) mass is 441 g/mol. The van der Waals surface area contributed by atoms with Crippen molar-refractivity contribution in [2.45, 2.75) is 65.0 Å². The highest BCUT2D eigenvalue weighted by Gasteiger charge is 2.12. The van der Waals surface area contributed by atoms with Crippen LogP contribution in [0.25, 0.3) is 11.0 Å². The molecule has 0 aliphatic heterocycles. The van der Waals surface area contributed by atoms with E-state index in [1.54, 1.807) is 24.3 Å². The fourth-order valence-electron chi connectivity index (χ4n) is 3.65.